The third-order valence-corrected chi connectivity index (χ3v) is 6.73. The molecule has 116 valence electrons. The normalized spacial score (nSPS) is 22.0. The first-order valence-electron chi connectivity index (χ1n) is 7.92. The van der Waals surface area contributed by atoms with Gasteiger partial charge in [-0.15, -0.1) is 22.7 Å². The summed E-state index contributed by atoms with van der Waals surface area (Å²) in [6.07, 6.45) is 3.40. The lowest BCUT2D eigenvalue weighted by Crippen LogP contribution is -2.42. The van der Waals surface area contributed by atoms with Gasteiger partial charge >= 0.3 is 0 Å². The van der Waals surface area contributed by atoms with Crippen LogP contribution in [0, 0.1) is 0 Å². The van der Waals surface area contributed by atoms with E-state index in [9.17, 15) is 4.79 Å². The Morgan fingerprint density at radius 2 is 2.18 bits per heavy atom. The lowest BCUT2D eigenvalue weighted by molar-refractivity contribution is -0.133. The number of thiophene rings is 2. The molecule has 2 aliphatic rings. The van der Waals surface area contributed by atoms with Crippen molar-refractivity contribution in [1.82, 2.24) is 9.80 Å². The highest BCUT2D eigenvalue weighted by Crippen LogP contribution is 2.34. The Morgan fingerprint density at radius 3 is 3.05 bits per heavy atom. The smallest absolute Gasteiger partial charge is 0.237 e. The zero-order valence-corrected chi connectivity index (χ0v) is 14.2. The average Bonchev–Trinajstić information content (AvgIpc) is 3.27. The molecule has 5 heteroatoms. The van der Waals surface area contributed by atoms with Gasteiger partial charge in [0.15, 0.2) is 0 Å². The van der Waals surface area contributed by atoms with Crippen LogP contribution in [0.2, 0.25) is 0 Å². The highest BCUT2D eigenvalue weighted by Gasteiger charge is 2.30. The van der Waals surface area contributed by atoms with Gasteiger partial charge in [0, 0.05) is 28.9 Å². The largest absolute Gasteiger partial charge is 0.337 e. The van der Waals surface area contributed by atoms with Crippen LogP contribution in [0.25, 0.3) is 0 Å². The molecule has 0 aliphatic carbocycles. The molecule has 0 aromatic carbocycles. The van der Waals surface area contributed by atoms with Crippen molar-refractivity contribution in [3.8, 4) is 0 Å². The fraction of sp³-hybridized carbons (Fsp3) is 0.471. The Kier molecular flexibility index (Phi) is 4.03. The average molecular weight is 332 g/mol. The highest BCUT2D eigenvalue weighted by atomic mass is 32.1. The first-order chi connectivity index (χ1) is 10.8. The van der Waals surface area contributed by atoms with Crippen molar-refractivity contribution in [3.05, 3.63) is 44.3 Å². The van der Waals surface area contributed by atoms with Crippen molar-refractivity contribution in [2.45, 2.75) is 31.8 Å². The summed E-state index contributed by atoms with van der Waals surface area (Å²) < 4.78 is 0. The van der Waals surface area contributed by atoms with Crippen LogP contribution in [0.15, 0.2) is 29.0 Å². The molecule has 0 saturated carbocycles. The van der Waals surface area contributed by atoms with E-state index in [0.29, 0.717) is 18.5 Å². The minimum Gasteiger partial charge on any atom is -0.337 e. The lowest BCUT2D eigenvalue weighted by atomic mass is 10.1. The van der Waals surface area contributed by atoms with E-state index < -0.39 is 0 Å². The lowest BCUT2D eigenvalue weighted by Gasteiger charge is -2.30. The van der Waals surface area contributed by atoms with Crippen LogP contribution in [0.3, 0.4) is 0 Å². The Morgan fingerprint density at radius 1 is 1.23 bits per heavy atom. The van der Waals surface area contributed by atoms with Gasteiger partial charge in [0.1, 0.15) is 0 Å². The van der Waals surface area contributed by atoms with Gasteiger partial charge in [-0.25, -0.2) is 0 Å². The van der Waals surface area contributed by atoms with Crippen molar-refractivity contribution < 1.29 is 4.79 Å². The minimum atomic E-state index is 0.292. The fourth-order valence-corrected chi connectivity index (χ4v) is 5.34. The number of nitrogens with zero attached hydrogens (tertiary/aromatic N) is 2. The van der Waals surface area contributed by atoms with Gasteiger partial charge in [-0.3, -0.25) is 9.69 Å². The second kappa shape index (κ2) is 6.14. The number of hydrogen-bond acceptors (Lipinski definition) is 4. The molecule has 0 bridgehead atoms. The van der Waals surface area contributed by atoms with Crippen molar-refractivity contribution in [1.29, 1.82) is 0 Å². The predicted octanol–water partition coefficient (Wildman–Crippen LogP) is 3.53. The maximum Gasteiger partial charge on any atom is 0.237 e. The molecule has 4 heterocycles. The van der Waals surface area contributed by atoms with Crippen molar-refractivity contribution in [2.24, 2.45) is 0 Å². The van der Waals surface area contributed by atoms with E-state index >= 15 is 0 Å². The van der Waals surface area contributed by atoms with Crippen LogP contribution in [0.4, 0.5) is 0 Å². The summed E-state index contributed by atoms with van der Waals surface area (Å²) in [7, 11) is 0. The zero-order chi connectivity index (χ0) is 14.9. The molecule has 0 unspecified atom stereocenters. The number of carbonyl (C=O) groups excluding carboxylic acids is 1. The maximum atomic E-state index is 12.7. The molecule has 1 amide bonds. The third kappa shape index (κ3) is 2.73. The van der Waals surface area contributed by atoms with Gasteiger partial charge in [-0.2, -0.15) is 0 Å². The predicted molar refractivity (Wildman–Crippen MR) is 91.3 cm³/mol. The van der Waals surface area contributed by atoms with Crippen LogP contribution in [-0.4, -0.2) is 35.3 Å². The summed E-state index contributed by atoms with van der Waals surface area (Å²) in [4.78, 5) is 20.0. The summed E-state index contributed by atoms with van der Waals surface area (Å²) >= 11 is 3.64. The van der Waals surface area contributed by atoms with Gasteiger partial charge in [0.2, 0.25) is 5.91 Å². The molecule has 2 aromatic heterocycles. The topological polar surface area (TPSA) is 23.6 Å². The molecule has 3 nitrogen and oxygen atoms in total. The summed E-state index contributed by atoms with van der Waals surface area (Å²) in [5.74, 6) is 0.292. The second-order valence-electron chi connectivity index (χ2n) is 6.08. The number of fused-ring (bicyclic) bond motifs is 1. The van der Waals surface area contributed by atoms with Gasteiger partial charge in [0.05, 0.1) is 6.54 Å². The minimum absolute atomic E-state index is 0.292. The highest BCUT2D eigenvalue weighted by molar-refractivity contribution is 7.10. The van der Waals surface area contributed by atoms with E-state index in [1.165, 1.54) is 28.2 Å². The van der Waals surface area contributed by atoms with Crippen molar-refractivity contribution in [3.63, 3.8) is 0 Å². The van der Waals surface area contributed by atoms with Crippen LogP contribution in [0.1, 0.15) is 34.2 Å². The van der Waals surface area contributed by atoms with E-state index in [1.807, 2.05) is 27.6 Å². The molecule has 1 saturated heterocycles. The second-order valence-corrected chi connectivity index (χ2v) is 8.06. The Balaban J connectivity index is 1.42. The zero-order valence-electron chi connectivity index (χ0n) is 12.5. The van der Waals surface area contributed by atoms with Gasteiger partial charge in [-0.1, -0.05) is 6.07 Å². The molecule has 2 aliphatic heterocycles. The van der Waals surface area contributed by atoms with E-state index in [2.05, 4.69) is 33.9 Å². The van der Waals surface area contributed by atoms with E-state index in [1.54, 1.807) is 0 Å². The van der Waals surface area contributed by atoms with Crippen molar-refractivity contribution in [2.75, 3.05) is 19.6 Å². The van der Waals surface area contributed by atoms with Crippen LogP contribution < -0.4 is 0 Å². The number of amides is 1. The fourth-order valence-electron chi connectivity index (χ4n) is 3.55. The summed E-state index contributed by atoms with van der Waals surface area (Å²) in [6, 6.07) is 6.94. The van der Waals surface area contributed by atoms with Crippen molar-refractivity contribution >= 4 is 28.6 Å². The van der Waals surface area contributed by atoms with Crippen LogP contribution in [0.5, 0.6) is 0 Å². The molecule has 0 N–H and O–H groups in total. The first kappa shape index (κ1) is 14.4. The van der Waals surface area contributed by atoms with Crippen LogP contribution in [-0.2, 0) is 17.8 Å². The number of likely N-dealkylation sites (tertiary alicyclic amines) is 1. The molecule has 4 rings (SSSR count). The molecular formula is C17H20N2OS2. The SMILES string of the molecule is O=C(CN1CCC[C@@H]1c1cccs1)N1CCc2sccc2C1. The van der Waals surface area contributed by atoms with E-state index in [-0.39, 0.29) is 0 Å². The maximum absolute atomic E-state index is 12.7. The standard InChI is InChI=1S/C17H20N2OS2/c20-17(19-8-5-15-13(11-19)6-10-22-15)12-18-7-1-3-14(18)16-4-2-9-21-16/h2,4,6,9-10,14H,1,3,5,7-8,11-12H2/t14-/m1/s1. The summed E-state index contributed by atoms with van der Waals surface area (Å²) in [6.45, 7) is 3.30. The van der Waals surface area contributed by atoms with E-state index in [0.717, 1.165) is 26.1 Å². The van der Waals surface area contributed by atoms with Gasteiger partial charge < -0.3 is 4.90 Å². The number of rotatable bonds is 3. The third-order valence-electron chi connectivity index (χ3n) is 4.73. The Hall–Kier alpha value is -1.17. The summed E-state index contributed by atoms with van der Waals surface area (Å²) in [5, 5.41) is 4.28. The molecular weight excluding hydrogens is 312 g/mol. The monoisotopic (exact) mass is 332 g/mol. The quantitative estimate of drug-likeness (QED) is 0.858. The molecule has 0 spiro atoms. The molecule has 1 fully saturated rings. The Labute approximate surface area is 139 Å². The number of hydrogen-bond donors (Lipinski definition) is 0. The summed E-state index contributed by atoms with van der Waals surface area (Å²) in [5.41, 5.74) is 1.35. The van der Waals surface area contributed by atoms with Gasteiger partial charge in [-0.05, 0) is 54.3 Å². The first-order valence-corrected chi connectivity index (χ1v) is 9.67. The van der Waals surface area contributed by atoms with E-state index in [4.69, 9.17) is 0 Å². The number of carbonyl (C=O) groups is 1. The Bertz CT molecular complexity index is 649. The van der Waals surface area contributed by atoms with Gasteiger partial charge in [0.25, 0.3) is 0 Å². The molecule has 0 radical (unpaired) electrons. The molecule has 22 heavy (non-hydrogen) atoms. The van der Waals surface area contributed by atoms with Crippen LogP contribution >= 0.6 is 22.7 Å². The molecule has 2 aromatic rings. The molecule has 1 atom stereocenters.